The van der Waals surface area contributed by atoms with Crippen LogP contribution in [0.15, 0.2) is 18.2 Å². The standard InChI is InChI=1S/C17H27Cl2N/c1-5-6-7-11-17(3,4)12-20-13(2)14-9-8-10-15(18)16(14)19/h8-10,13,20H,5-7,11-12H2,1-4H3. The highest BCUT2D eigenvalue weighted by Gasteiger charge is 2.19. The van der Waals surface area contributed by atoms with Crippen molar-refractivity contribution in [3.05, 3.63) is 33.8 Å². The van der Waals surface area contributed by atoms with E-state index in [4.69, 9.17) is 23.2 Å². The maximum Gasteiger partial charge on any atom is 0.0639 e. The van der Waals surface area contributed by atoms with E-state index >= 15 is 0 Å². The van der Waals surface area contributed by atoms with E-state index in [1.165, 1.54) is 25.7 Å². The van der Waals surface area contributed by atoms with Gasteiger partial charge >= 0.3 is 0 Å². The highest BCUT2D eigenvalue weighted by Crippen LogP contribution is 2.30. The molecule has 1 atom stereocenters. The Kier molecular flexibility index (Phi) is 7.36. The van der Waals surface area contributed by atoms with Crippen LogP contribution in [-0.4, -0.2) is 6.54 Å². The lowest BCUT2D eigenvalue weighted by molar-refractivity contribution is 0.291. The van der Waals surface area contributed by atoms with Crippen molar-refractivity contribution >= 4 is 23.2 Å². The van der Waals surface area contributed by atoms with Crippen molar-refractivity contribution < 1.29 is 0 Å². The monoisotopic (exact) mass is 315 g/mol. The van der Waals surface area contributed by atoms with E-state index in [1.807, 2.05) is 18.2 Å². The van der Waals surface area contributed by atoms with Gasteiger partial charge in [-0.05, 0) is 30.4 Å². The molecule has 1 N–H and O–H groups in total. The van der Waals surface area contributed by atoms with E-state index in [0.29, 0.717) is 15.5 Å². The summed E-state index contributed by atoms with van der Waals surface area (Å²) < 4.78 is 0. The summed E-state index contributed by atoms with van der Waals surface area (Å²) in [6, 6.07) is 6.03. The molecule has 0 aromatic heterocycles. The van der Waals surface area contributed by atoms with Crippen LogP contribution in [0.1, 0.15) is 65.0 Å². The van der Waals surface area contributed by atoms with Crippen molar-refractivity contribution in [1.82, 2.24) is 5.32 Å². The highest BCUT2D eigenvalue weighted by atomic mass is 35.5. The Morgan fingerprint density at radius 2 is 1.90 bits per heavy atom. The van der Waals surface area contributed by atoms with Gasteiger partial charge in [-0.2, -0.15) is 0 Å². The Morgan fingerprint density at radius 1 is 1.20 bits per heavy atom. The van der Waals surface area contributed by atoms with Gasteiger partial charge in [0, 0.05) is 12.6 Å². The molecule has 0 saturated carbocycles. The number of hydrogen-bond acceptors (Lipinski definition) is 1. The molecule has 1 nitrogen and oxygen atoms in total. The minimum atomic E-state index is 0.214. The van der Waals surface area contributed by atoms with E-state index < -0.39 is 0 Å². The van der Waals surface area contributed by atoms with Crippen molar-refractivity contribution in [2.45, 2.75) is 59.4 Å². The van der Waals surface area contributed by atoms with Crippen LogP contribution in [0.3, 0.4) is 0 Å². The first-order chi connectivity index (χ1) is 9.37. The van der Waals surface area contributed by atoms with Crippen molar-refractivity contribution in [3.63, 3.8) is 0 Å². The summed E-state index contributed by atoms with van der Waals surface area (Å²) in [5.74, 6) is 0. The Bertz CT molecular complexity index is 415. The molecule has 0 aliphatic rings. The summed E-state index contributed by atoms with van der Waals surface area (Å²) in [5, 5.41) is 4.88. The molecule has 0 aliphatic heterocycles. The van der Waals surface area contributed by atoms with Crippen molar-refractivity contribution in [1.29, 1.82) is 0 Å². The molecule has 0 fully saturated rings. The molecule has 1 unspecified atom stereocenters. The summed E-state index contributed by atoms with van der Waals surface area (Å²) in [6.07, 6.45) is 5.15. The third-order valence-electron chi connectivity index (χ3n) is 3.79. The first-order valence-corrected chi connectivity index (χ1v) is 8.30. The summed E-state index contributed by atoms with van der Waals surface area (Å²) in [6.45, 7) is 10.0. The lowest BCUT2D eigenvalue weighted by Gasteiger charge is -2.28. The molecule has 0 bridgehead atoms. The molecule has 20 heavy (non-hydrogen) atoms. The molecule has 1 rings (SSSR count). The summed E-state index contributed by atoms with van der Waals surface area (Å²) in [7, 11) is 0. The Labute approximate surface area is 134 Å². The van der Waals surface area contributed by atoms with E-state index in [-0.39, 0.29) is 6.04 Å². The fraction of sp³-hybridized carbons (Fsp3) is 0.647. The lowest BCUT2D eigenvalue weighted by atomic mass is 9.86. The van der Waals surface area contributed by atoms with Gasteiger partial charge in [0.1, 0.15) is 0 Å². The Hall–Kier alpha value is -0.240. The molecular weight excluding hydrogens is 289 g/mol. The number of rotatable bonds is 8. The van der Waals surface area contributed by atoms with Crippen LogP contribution in [0.5, 0.6) is 0 Å². The van der Waals surface area contributed by atoms with Gasteiger partial charge in [0.15, 0.2) is 0 Å². The second-order valence-electron chi connectivity index (χ2n) is 6.37. The topological polar surface area (TPSA) is 12.0 Å². The van der Waals surface area contributed by atoms with Crippen LogP contribution >= 0.6 is 23.2 Å². The molecule has 0 saturated heterocycles. The van der Waals surface area contributed by atoms with Gasteiger partial charge in [-0.3, -0.25) is 0 Å². The van der Waals surface area contributed by atoms with Gasteiger partial charge in [0.05, 0.1) is 10.0 Å². The van der Waals surface area contributed by atoms with Gasteiger partial charge in [0.25, 0.3) is 0 Å². The smallest absolute Gasteiger partial charge is 0.0639 e. The first-order valence-electron chi connectivity index (χ1n) is 7.54. The van der Waals surface area contributed by atoms with Gasteiger partial charge in [-0.15, -0.1) is 0 Å². The van der Waals surface area contributed by atoms with Crippen molar-refractivity contribution in [3.8, 4) is 0 Å². The quantitative estimate of drug-likeness (QED) is 0.559. The second kappa shape index (κ2) is 8.26. The number of nitrogens with one attached hydrogen (secondary N) is 1. The van der Waals surface area contributed by atoms with Gasteiger partial charge in [-0.25, -0.2) is 0 Å². The maximum absolute atomic E-state index is 6.27. The van der Waals surface area contributed by atoms with Crippen LogP contribution in [0.4, 0.5) is 0 Å². The van der Waals surface area contributed by atoms with Crippen LogP contribution in [0, 0.1) is 5.41 Å². The average Bonchev–Trinajstić information content (AvgIpc) is 2.39. The van der Waals surface area contributed by atoms with E-state index in [2.05, 4.69) is 33.0 Å². The molecule has 114 valence electrons. The second-order valence-corrected chi connectivity index (χ2v) is 7.15. The van der Waals surface area contributed by atoms with Crippen LogP contribution < -0.4 is 5.32 Å². The van der Waals surface area contributed by atoms with Crippen LogP contribution in [0.2, 0.25) is 10.0 Å². The van der Waals surface area contributed by atoms with Gasteiger partial charge in [-0.1, -0.05) is 75.4 Å². The van der Waals surface area contributed by atoms with Crippen molar-refractivity contribution in [2.75, 3.05) is 6.54 Å². The number of hydrogen-bond donors (Lipinski definition) is 1. The number of benzene rings is 1. The Morgan fingerprint density at radius 3 is 2.55 bits per heavy atom. The lowest BCUT2D eigenvalue weighted by Crippen LogP contribution is -2.31. The molecule has 0 radical (unpaired) electrons. The molecule has 1 aromatic carbocycles. The minimum absolute atomic E-state index is 0.214. The fourth-order valence-corrected chi connectivity index (χ4v) is 2.81. The molecule has 0 aliphatic carbocycles. The summed E-state index contributed by atoms with van der Waals surface area (Å²) >= 11 is 12.3. The third-order valence-corrected chi connectivity index (χ3v) is 4.63. The predicted molar refractivity (Wildman–Crippen MR) is 90.8 cm³/mol. The molecule has 0 amide bonds. The molecule has 1 aromatic rings. The first kappa shape index (κ1) is 17.8. The Balaban J connectivity index is 2.54. The average molecular weight is 316 g/mol. The summed E-state index contributed by atoms with van der Waals surface area (Å²) in [5.41, 5.74) is 1.39. The zero-order valence-electron chi connectivity index (χ0n) is 13.1. The highest BCUT2D eigenvalue weighted by molar-refractivity contribution is 6.42. The zero-order valence-corrected chi connectivity index (χ0v) is 14.6. The van der Waals surface area contributed by atoms with Gasteiger partial charge in [0.2, 0.25) is 0 Å². The maximum atomic E-state index is 6.27. The normalized spacial score (nSPS) is 13.5. The molecular formula is C17H27Cl2N. The fourth-order valence-electron chi connectivity index (χ4n) is 2.34. The number of halogens is 2. The largest absolute Gasteiger partial charge is 0.310 e. The zero-order chi connectivity index (χ0) is 15.2. The van der Waals surface area contributed by atoms with Crippen LogP contribution in [-0.2, 0) is 0 Å². The molecule has 0 spiro atoms. The summed E-state index contributed by atoms with van der Waals surface area (Å²) in [4.78, 5) is 0. The van der Waals surface area contributed by atoms with E-state index in [9.17, 15) is 0 Å². The molecule has 0 heterocycles. The van der Waals surface area contributed by atoms with E-state index in [1.54, 1.807) is 0 Å². The number of unbranched alkanes of at least 4 members (excludes halogenated alkanes) is 2. The SMILES string of the molecule is CCCCCC(C)(C)CNC(C)c1cccc(Cl)c1Cl. The minimum Gasteiger partial charge on any atom is -0.310 e. The van der Waals surface area contributed by atoms with E-state index in [0.717, 1.165) is 12.1 Å². The predicted octanol–water partition coefficient (Wildman–Crippen LogP) is 6.25. The molecule has 3 heteroatoms. The third kappa shape index (κ3) is 5.63. The van der Waals surface area contributed by atoms with Crippen molar-refractivity contribution in [2.24, 2.45) is 5.41 Å². The van der Waals surface area contributed by atoms with Gasteiger partial charge < -0.3 is 5.32 Å². The van der Waals surface area contributed by atoms with Crippen LogP contribution in [0.25, 0.3) is 0 Å².